The summed E-state index contributed by atoms with van der Waals surface area (Å²) in [6.45, 7) is 5.59. The number of nitrogens with one attached hydrogen (secondary N) is 1. The van der Waals surface area contributed by atoms with Gasteiger partial charge < -0.3 is 10.1 Å². The fourth-order valence-electron chi connectivity index (χ4n) is 4.18. The Kier molecular flexibility index (Phi) is 4.87. The standard InChI is InChI=1S/C15H29NO/c1-4-12-7-5-6-8-14(12)15(16-3)13-9-10-17-11(13)2/h11-16H,4-10H2,1-3H3. The molecule has 2 fully saturated rings. The molecule has 1 heterocycles. The molecule has 0 aromatic rings. The second kappa shape index (κ2) is 6.19. The molecule has 5 atom stereocenters. The Balaban J connectivity index is 2.04. The van der Waals surface area contributed by atoms with Crippen molar-refractivity contribution in [2.45, 2.75) is 64.5 Å². The van der Waals surface area contributed by atoms with Gasteiger partial charge in [0.25, 0.3) is 0 Å². The van der Waals surface area contributed by atoms with E-state index in [0.717, 1.165) is 24.4 Å². The minimum absolute atomic E-state index is 0.451. The monoisotopic (exact) mass is 239 g/mol. The first kappa shape index (κ1) is 13.4. The van der Waals surface area contributed by atoms with E-state index >= 15 is 0 Å². The predicted octanol–water partition coefficient (Wildman–Crippen LogP) is 3.22. The molecule has 1 N–H and O–H groups in total. The Bertz CT molecular complexity index is 231. The number of hydrogen-bond acceptors (Lipinski definition) is 2. The van der Waals surface area contributed by atoms with Crippen LogP contribution < -0.4 is 5.32 Å². The molecule has 0 radical (unpaired) electrons. The van der Waals surface area contributed by atoms with Crippen LogP contribution in [0, 0.1) is 17.8 Å². The van der Waals surface area contributed by atoms with Crippen molar-refractivity contribution >= 4 is 0 Å². The SMILES string of the molecule is CCC1CCCCC1C(NC)C1CCOC1C. The van der Waals surface area contributed by atoms with Crippen molar-refractivity contribution < 1.29 is 4.74 Å². The lowest BCUT2D eigenvalue weighted by molar-refractivity contribution is 0.0702. The maximum atomic E-state index is 5.77. The largest absolute Gasteiger partial charge is 0.378 e. The average molecular weight is 239 g/mol. The Morgan fingerprint density at radius 3 is 2.53 bits per heavy atom. The Labute approximate surface area is 107 Å². The van der Waals surface area contributed by atoms with Crippen molar-refractivity contribution in [3.05, 3.63) is 0 Å². The van der Waals surface area contributed by atoms with Gasteiger partial charge in [0.05, 0.1) is 6.10 Å². The molecule has 1 saturated carbocycles. The predicted molar refractivity (Wildman–Crippen MR) is 72.1 cm³/mol. The normalized spacial score (nSPS) is 40.4. The van der Waals surface area contributed by atoms with Crippen molar-refractivity contribution in [3.8, 4) is 0 Å². The lowest BCUT2D eigenvalue weighted by Gasteiger charge is -2.40. The van der Waals surface area contributed by atoms with Gasteiger partial charge in [-0.3, -0.25) is 0 Å². The highest BCUT2D eigenvalue weighted by Gasteiger charge is 2.39. The second-order valence-electron chi connectivity index (χ2n) is 5.96. The van der Waals surface area contributed by atoms with E-state index in [-0.39, 0.29) is 0 Å². The van der Waals surface area contributed by atoms with Crippen molar-refractivity contribution in [3.63, 3.8) is 0 Å². The molecule has 5 unspecified atom stereocenters. The lowest BCUT2D eigenvalue weighted by atomic mass is 9.70. The summed E-state index contributed by atoms with van der Waals surface area (Å²) in [6.07, 6.45) is 8.80. The van der Waals surface area contributed by atoms with Crippen LogP contribution in [-0.4, -0.2) is 25.8 Å². The summed E-state index contributed by atoms with van der Waals surface area (Å²) in [4.78, 5) is 0. The van der Waals surface area contributed by atoms with Crippen LogP contribution in [0.1, 0.15) is 52.4 Å². The summed E-state index contributed by atoms with van der Waals surface area (Å²) in [5.74, 6) is 2.55. The van der Waals surface area contributed by atoms with Crippen molar-refractivity contribution in [1.29, 1.82) is 0 Å². The molecule has 1 aliphatic heterocycles. The summed E-state index contributed by atoms with van der Waals surface area (Å²) >= 11 is 0. The number of ether oxygens (including phenoxy) is 1. The van der Waals surface area contributed by atoms with Gasteiger partial charge in [0.1, 0.15) is 0 Å². The topological polar surface area (TPSA) is 21.3 Å². The first-order valence-corrected chi connectivity index (χ1v) is 7.56. The van der Waals surface area contributed by atoms with E-state index in [9.17, 15) is 0 Å². The molecule has 1 aliphatic carbocycles. The molecule has 0 aromatic carbocycles. The fraction of sp³-hybridized carbons (Fsp3) is 1.00. The maximum Gasteiger partial charge on any atom is 0.0590 e. The summed E-state index contributed by atoms with van der Waals surface area (Å²) in [5.41, 5.74) is 0. The molecule has 2 rings (SSSR count). The average Bonchev–Trinajstić information content (AvgIpc) is 2.78. The van der Waals surface area contributed by atoms with E-state index < -0.39 is 0 Å². The molecular formula is C15H29NO. The van der Waals surface area contributed by atoms with Gasteiger partial charge in [-0.2, -0.15) is 0 Å². The summed E-state index contributed by atoms with van der Waals surface area (Å²) in [6, 6.07) is 0.678. The van der Waals surface area contributed by atoms with E-state index in [0.29, 0.717) is 12.1 Å². The van der Waals surface area contributed by atoms with Gasteiger partial charge in [0.15, 0.2) is 0 Å². The zero-order valence-electron chi connectivity index (χ0n) is 11.7. The third-order valence-electron chi connectivity index (χ3n) is 5.18. The van der Waals surface area contributed by atoms with Crippen LogP contribution in [0.2, 0.25) is 0 Å². The zero-order chi connectivity index (χ0) is 12.3. The van der Waals surface area contributed by atoms with Crippen LogP contribution in [0.25, 0.3) is 0 Å². The molecule has 0 aromatic heterocycles. The molecule has 1 saturated heterocycles. The van der Waals surface area contributed by atoms with Gasteiger partial charge in [-0.05, 0) is 38.6 Å². The third kappa shape index (κ3) is 2.85. The van der Waals surface area contributed by atoms with Crippen molar-refractivity contribution in [1.82, 2.24) is 5.32 Å². The van der Waals surface area contributed by atoms with Crippen LogP contribution in [0.5, 0.6) is 0 Å². The van der Waals surface area contributed by atoms with E-state index in [4.69, 9.17) is 4.74 Å². The van der Waals surface area contributed by atoms with Gasteiger partial charge in [-0.1, -0.05) is 32.6 Å². The van der Waals surface area contributed by atoms with Gasteiger partial charge in [-0.15, -0.1) is 0 Å². The Hall–Kier alpha value is -0.0800. The van der Waals surface area contributed by atoms with E-state index in [1.165, 1.54) is 38.5 Å². The first-order valence-electron chi connectivity index (χ1n) is 7.56. The molecule has 0 spiro atoms. The highest BCUT2D eigenvalue weighted by atomic mass is 16.5. The summed E-state index contributed by atoms with van der Waals surface area (Å²) in [7, 11) is 2.15. The van der Waals surface area contributed by atoms with E-state index in [1.54, 1.807) is 0 Å². The molecule has 0 bridgehead atoms. The molecular weight excluding hydrogens is 210 g/mol. The minimum atomic E-state index is 0.451. The Morgan fingerprint density at radius 2 is 1.94 bits per heavy atom. The third-order valence-corrected chi connectivity index (χ3v) is 5.18. The smallest absolute Gasteiger partial charge is 0.0590 e. The molecule has 0 amide bonds. The number of hydrogen-bond donors (Lipinski definition) is 1. The van der Waals surface area contributed by atoms with Gasteiger partial charge >= 0.3 is 0 Å². The molecule has 17 heavy (non-hydrogen) atoms. The maximum absolute atomic E-state index is 5.77. The van der Waals surface area contributed by atoms with Crippen LogP contribution >= 0.6 is 0 Å². The zero-order valence-corrected chi connectivity index (χ0v) is 11.7. The summed E-state index contributed by atoms with van der Waals surface area (Å²) < 4.78 is 5.77. The van der Waals surface area contributed by atoms with Crippen LogP contribution in [0.4, 0.5) is 0 Å². The summed E-state index contributed by atoms with van der Waals surface area (Å²) in [5, 5.41) is 3.63. The van der Waals surface area contributed by atoms with Gasteiger partial charge in [-0.25, -0.2) is 0 Å². The molecule has 2 nitrogen and oxygen atoms in total. The highest BCUT2D eigenvalue weighted by molar-refractivity contribution is 4.92. The van der Waals surface area contributed by atoms with E-state index in [2.05, 4.69) is 26.2 Å². The van der Waals surface area contributed by atoms with Crippen LogP contribution in [0.3, 0.4) is 0 Å². The first-order chi connectivity index (χ1) is 8.27. The van der Waals surface area contributed by atoms with Gasteiger partial charge in [0, 0.05) is 18.6 Å². The van der Waals surface area contributed by atoms with Crippen LogP contribution in [0.15, 0.2) is 0 Å². The van der Waals surface area contributed by atoms with Crippen molar-refractivity contribution in [2.24, 2.45) is 17.8 Å². The minimum Gasteiger partial charge on any atom is -0.378 e. The van der Waals surface area contributed by atoms with Crippen LogP contribution in [-0.2, 0) is 4.74 Å². The fourth-order valence-corrected chi connectivity index (χ4v) is 4.18. The van der Waals surface area contributed by atoms with Crippen molar-refractivity contribution in [2.75, 3.05) is 13.7 Å². The van der Waals surface area contributed by atoms with E-state index in [1.807, 2.05) is 0 Å². The molecule has 2 aliphatic rings. The highest BCUT2D eigenvalue weighted by Crippen LogP contribution is 2.39. The molecule has 100 valence electrons. The second-order valence-corrected chi connectivity index (χ2v) is 5.96. The number of rotatable bonds is 4. The quantitative estimate of drug-likeness (QED) is 0.813. The lowest BCUT2D eigenvalue weighted by Crippen LogP contribution is -2.46. The Morgan fingerprint density at radius 1 is 1.18 bits per heavy atom. The van der Waals surface area contributed by atoms with Gasteiger partial charge in [0.2, 0.25) is 0 Å². The molecule has 2 heteroatoms.